The van der Waals surface area contributed by atoms with Crippen molar-refractivity contribution in [1.29, 1.82) is 5.26 Å². The number of nitrogens with zero attached hydrogens (tertiary/aromatic N) is 5. The van der Waals surface area contributed by atoms with E-state index in [1.807, 2.05) is 34.1 Å². The van der Waals surface area contributed by atoms with Gasteiger partial charge in [0, 0.05) is 71.0 Å². The smallest absolute Gasteiger partial charge is 0.317 e. The predicted octanol–water partition coefficient (Wildman–Crippen LogP) is 0.769. The molecule has 0 amide bonds. The van der Waals surface area contributed by atoms with E-state index in [0.717, 1.165) is 28.6 Å². The maximum Gasteiger partial charge on any atom is 0.317 e. The molecule has 36 heavy (non-hydrogen) atoms. The molecule has 2 rings (SSSR count). The van der Waals surface area contributed by atoms with Crippen molar-refractivity contribution in [3.8, 4) is 5.40 Å². The molecule has 2 N–H and O–H groups in total. The van der Waals surface area contributed by atoms with Crippen LogP contribution < -0.4 is 0 Å². The molecule has 1 aliphatic rings. The lowest BCUT2D eigenvalue weighted by molar-refractivity contribution is -0.140. The molecule has 0 radical (unpaired) electrons. The maximum atomic E-state index is 11.5. The fraction of sp³-hybridized carbons (Fsp3) is 0.625. The van der Waals surface area contributed by atoms with E-state index in [9.17, 15) is 19.8 Å². The van der Waals surface area contributed by atoms with Crippen molar-refractivity contribution < 1.29 is 29.3 Å². The van der Waals surface area contributed by atoms with E-state index in [1.54, 1.807) is 14.2 Å². The van der Waals surface area contributed by atoms with Gasteiger partial charge in [0.1, 0.15) is 5.40 Å². The van der Waals surface area contributed by atoms with Crippen molar-refractivity contribution in [2.24, 2.45) is 0 Å². The zero-order valence-electron chi connectivity index (χ0n) is 21.0. The first-order valence-corrected chi connectivity index (χ1v) is 12.6. The molecule has 12 heteroatoms. The fourth-order valence-electron chi connectivity index (χ4n) is 4.29. The second-order valence-electron chi connectivity index (χ2n) is 8.76. The molecule has 0 aromatic heterocycles. The Morgan fingerprint density at radius 3 is 1.94 bits per heavy atom. The summed E-state index contributed by atoms with van der Waals surface area (Å²) in [4.78, 5) is 31.8. The number of benzene rings is 1. The van der Waals surface area contributed by atoms with Crippen LogP contribution in [0.3, 0.4) is 0 Å². The Kier molecular flexibility index (Phi) is 13.7. The number of thiocyanates is 1. The van der Waals surface area contributed by atoms with Crippen LogP contribution in [0.2, 0.25) is 0 Å². The van der Waals surface area contributed by atoms with Crippen molar-refractivity contribution in [2.45, 2.75) is 17.4 Å². The Morgan fingerprint density at radius 2 is 1.44 bits per heavy atom. The van der Waals surface area contributed by atoms with E-state index < -0.39 is 11.9 Å². The SMILES string of the molecule is COCN1CCN(CC(=O)O)CCN(CC(=O)O)CCN(COC)C(Cc2ccc(SC#N)cc2)C1. The number of methoxy groups -OCH3 is 2. The van der Waals surface area contributed by atoms with Gasteiger partial charge in [-0.25, -0.2) is 0 Å². The van der Waals surface area contributed by atoms with Crippen LogP contribution in [0.5, 0.6) is 0 Å². The van der Waals surface area contributed by atoms with Gasteiger partial charge in [-0.1, -0.05) is 12.1 Å². The number of rotatable bonds is 11. The van der Waals surface area contributed by atoms with E-state index in [2.05, 4.69) is 15.2 Å². The van der Waals surface area contributed by atoms with Gasteiger partial charge < -0.3 is 19.7 Å². The summed E-state index contributed by atoms with van der Waals surface area (Å²) in [6.45, 7) is 4.38. The molecule has 0 saturated carbocycles. The zero-order chi connectivity index (χ0) is 26.3. The first-order chi connectivity index (χ1) is 17.3. The van der Waals surface area contributed by atoms with Crippen LogP contribution in [-0.2, 0) is 25.5 Å². The van der Waals surface area contributed by atoms with Gasteiger partial charge in [0.25, 0.3) is 0 Å². The second-order valence-corrected chi connectivity index (χ2v) is 9.62. The summed E-state index contributed by atoms with van der Waals surface area (Å²) in [5, 5.41) is 29.8. The Balaban J connectivity index is 2.30. The molecule has 1 fully saturated rings. The molecule has 200 valence electrons. The zero-order valence-corrected chi connectivity index (χ0v) is 21.9. The highest BCUT2D eigenvalue weighted by molar-refractivity contribution is 8.03. The summed E-state index contributed by atoms with van der Waals surface area (Å²) in [5.41, 5.74) is 1.11. The minimum atomic E-state index is -0.914. The van der Waals surface area contributed by atoms with E-state index in [4.69, 9.17) is 14.7 Å². The van der Waals surface area contributed by atoms with Gasteiger partial charge in [0.05, 0.1) is 26.6 Å². The van der Waals surface area contributed by atoms with E-state index in [0.29, 0.717) is 59.3 Å². The number of carboxylic acids is 2. The Labute approximate surface area is 217 Å². The molecule has 0 bridgehead atoms. The lowest BCUT2D eigenvalue weighted by Gasteiger charge is -2.38. The van der Waals surface area contributed by atoms with Crippen LogP contribution >= 0.6 is 11.8 Å². The summed E-state index contributed by atoms with van der Waals surface area (Å²) in [5.74, 6) is -1.82. The van der Waals surface area contributed by atoms with Crippen molar-refractivity contribution in [2.75, 3.05) is 86.6 Å². The third kappa shape index (κ3) is 11.2. The molecule has 1 saturated heterocycles. The largest absolute Gasteiger partial charge is 0.480 e. The highest BCUT2D eigenvalue weighted by Gasteiger charge is 2.25. The lowest BCUT2D eigenvalue weighted by Crippen LogP contribution is -2.52. The summed E-state index contributed by atoms with van der Waals surface area (Å²) >= 11 is 1.12. The average Bonchev–Trinajstić information content (AvgIpc) is 2.82. The standard InChI is InChI=1S/C24H37N5O6S/c1-34-18-28-10-9-26(15-23(30)31)7-8-27(16-24(32)33)11-12-29(19-35-2)21(14-28)13-20-3-5-22(6-4-20)36-17-25/h3-6,21H,7-16,18-19H2,1-2H3,(H,30,31)(H,32,33). The van der Waals surface area contributed by atoms with Crippen molar-refractivity contribution in [3.63, 3.8) is 0 Å². The number of ether oxygens (including phenoxy) is 2. The van der Waals surface area contributed by atoms with Crippen molar-refractivity contribution in [1.82, 2.24) is 19.6 Å². The Morgan fingerprint density at radius 1 is 0.917 bits per heavy atom. The Hall–Kier alpha value is -2.24. The van der Waals surface area contributed by atoms with E-state index in [1.165, 1.54) is 0 Å². The molecule has 1 aliphatic heterocycles. The van der Waals surface area contributed by atoms with E-state index in [-0.39, 0.29) is 19.1 Å². The van der Waals surface area contributed by atoms with E-state index >= 15 is 0 Å². The molecular weight excluding hydrogens is 486 g/mol. The van der Waals surface area contributed by atoms with Crippen molar-refractivity contribution in [3.05, 3.63) is 29.8 Å². The molecular formula is C24H37N5O6S. The molecule has 1 atom stereocenters. The summed E-state index contributed by atoms with van der Waals surface area (Å²) in [6, 6.07) is 7.95. The quantitative estimate of drug-likeness (QED) is 0.314. The molecule has 1 aromatic rings. The predicted molar refractivity (Wildman–Crippen MR) is 136 cm³/mol. The van der Waals surface area contributed by atoms with Gasteiger partial charge in [0.15, 0.2) is 0 Å². The van der Waals surface area contributed by atoms with Gasteiger partial charge >= 0.3 is 11.9 Å². The minimum Gasteiger partial charge on any atom is -0.480 e. The summed E-state index contributed by atoms with van der Waals surface area (Å²) < 4.78 is 11.0. The molecule has 0 aliphatic carbocycles. The van der Waals surface area contributed by atoms with Gasteiger partial charge in [-0.05, 0) is 35.9 Å². The third-order valence-corrected chi connectivity index (χ3v) is 6.64. The number of aliphatic carboxylic acids is 2. The monoisotopic (exact) mass is 523 g/mol. The highest BCUT2D eigenvalue weighted by Crippen LogP contribution is 2.19. The van der Waals surface area contributed by atoms with Crippen LogP contribution in [0, 0.1) is 10.7 Å². The number of hydrogen-bond donors (Lipinski definition) is 2. The first-order valence-electron chi connectivity index (χ1n) is 11.8. The molecule has 1 aromatic carbocycles. The molecule has 0 spiro atoms. The molecule has 11 nitrogen and oxygen atoms in total. The maximum absolute atomic E-state index is 11.5. The number of nitriles is 1. The molecule has 1 heterocycles. The first kappa shape index (κ1) is 30.0. The van der Waals surface area contributed by atoms with Crippen LogP contribution in [0.25, 0.3) is 0 Å². The van der Waals surface area contributed by atoms with Crippen LogP contribution in [0.4, 0.5) is 0 Å². The van der Waals surface area contributed by atoms with Gasteiger partial charge in [0.2, 0.25) is 0 Å². The number of carbonyl (C=O) groups is 2. The van der Waals surface area contributed by atoms with Gasteiger partial charge in [-0.2, -0.15) is 5.26 Å². The molecule has 1 unspecified atom stereocenters. The topological polar surface area (TPSA) is 130 Å². The number of thioether (sulfide) groups is 1. The Bertz CT molecular complexity index is 852. The fourth-order valence-corrected chi connectivity index (χ4v) is 4.67. The highest BCUT2D eigenvalue weighted by atomic mass is 32.2. The van der Waals surface area contributed by atoms with Crippen LogP contribution in [0.1, 0.15) is 5.56 Å². The summed E-state index contributed by atoms with van der Waals surface area (Å²) in [7, 11) is 3.29. The van der Waals surface area contributed by atoms with Gasteiger partial charge in [-0.3, -0.25) is 29.2 Å². The van der Waals surface area contributed by atoms with Crippen LogP contribution in [0.15, 0.2) is 29.2 Å². The minimum absolute atomic E-state index is 0.0357. The van der Waals surface area contributed by atoms with Crippen LogP contribution in [-0.4, -0.2) is 134 Å². The van der Waals surface area contributed by atoms with Gasteiger partial charge in [-0.15, -0.1) is 0 Å². The third-order valence-electron chi connectivity index (χ3n) is 6.04. The number of hydrogen-bond acceptors (Lipinski definition) is 10. The normalized spacial score (nSPS) is 19.8. The summed E-state index contributed by atoms with van der Waals surface area (Å²) in [6.07, 6.45) is 0.721. The van der Waals surface area contributed by atoms with Crippen molar-refractivity contribution >= 4 is 23.7 Å². The number of carboxylic acid groups (broad SMARTS) is 2. The second kappa shape index (κ2) is 16.5. The lowest BCUT2D eigenvalue weighted by atomic mass is 10.0. The average molecular weight is 524 g/mol.